The first-order valence-electron chi connectivity index (χ1n) is 10.5. The molecule has 4 rings (SSSR count). The molecule has 0 unspecified atom stereocenters. The van der Waals surface area contributed by atoms with Crippen LogP contribution in [0, 0.1) is 10.1 Å². The Bertz CT molecular complexity index is 1370. The van der Waals surface area contributed by atoms with Crippen molar-refractivity contribution < 1.29 is 23.9 Å². The molecular weight excluding hydrogens is 448 g/mol. The minimum Gasteiger partial charge on any atom is -0.493 e. The van der Waals surface area contributed by atoms with Gasteiger partial charge in [0.2, 0.25) is 0 Å². The Hall–Kier alpha value is -4.98. The van der Waals surface area contributed by atoms with E-state index in [-0.39, 0.29) is 17.0 Å². The van der Waals surface area contributed by atoms with Crippen molar-refractivity contribution >= 4 is 23.6 Å². The van der Waals surface area contributed by atoms with Crippen LogP contribution in [0.15, 0.2) is 102 Å². The maximum Gasteiger partial charge on any atom is 0.343 e. The lowest BCUT2D eigenvalue weighted by molar-refractivity contribution is -0.384. The van der Waals surface area contributed by atoms with Crippen molar-refractivity contribution in [1.29, 1.82) is 0 Å². The summed E-state index contributed by atoms with van der Waals surface area (Å²) < 4.78 is 16.5. The summed E-state index contributed by atoms with van der Waals surface area (Å²) in [7, 11) is 1.45. The number of esters is 1. The number of nitro groups is 1. The van der Waals surface area contributed by atoms with Gasteiger partial charge < -0.3 is 14.2 Å². The molecule has 4 aromatic rings. The number of nitrogens with zero attached hydrogens (tertiary/aromatic N) is 2. The van der Waals surface area contributed by atoms with Crippen molar-refractivity contribution in [2.24, 2.45) is 4.99 Å². The molecule has 35 heavy (non-hydrogen) atoms. The predicted octanol–water partition coefficient (Wildman–Crippen LogP) is 6.37. The quantitative estimate of drug-likeness (QED) is 0.0980. The molecule has 0 saturated heterocycles. The highest BCUT2D eigenvalue weighted by molar-refractivity contribution is 5.92. The third-order valence-electron chi connectivity index (χ3n) is 4.86. The molecule has 0 aromatic heterocycles. The lowest BCUT2D eigenvalue weighted by atomic mass is 10.2. The number of nitro benzene ring substituents is 1. The Morgan fingerprint density at radius 3 is 2.31 bits per heavy atom. The molecule has 8 nitrogen and oxygen atoms in total. The van der Waals surface area contributed by atoms with Gasteiger partial charge in [-0.15, -0.1) is 0 Å². The zero-order valence-electron chi connectivity index (χ0n) is 18.7. The summed E-state index contributed by atoms with van der Waals surface area (Å²) in [4.78, 5) is 27.3. The van der Waals surface area contributed by atoms with E-state index in [1.54, 1.807) is 24.4 Å². The van der Waals surface area contributed by atoms with Gasteiger partial charge in [0.25, 0.3) is 5.69 Å². The largest absolute Gasteiger partial charge is 0.493 e. The number of carbonyl (C=O) groups excluding carboxylic acids is 1. The van der Waals surface area contributed by atoms with Crippen LogP contribution in [0.25, 0.3) is 0 Å². The molecule has 0 amide bonds. The number of ether oxygens (including phenoxy) is 3. The minimum atomic E-state index is -0.730. The van der Waals surface area contributed by atoms with Crippen LogP contribution in [0.2, 0.25) is 0 Å². The minimum absolute atomic E-state index is 0.0617. The summed E-state index contributed by atoms with van der Waals surface area (Å²) in [6.07, 6.45) is 1.65. The fraction of sp³-hybridized carbons (Fsp3) is 0.0370. The smallest absolute Gasteiger partial charge is 0.343 e. The van der Waals surface area contributed by atoms with E-state index in [0.29, 0.717) is 11.5 Å². The highest BCUT2D eigenvalue weighted by atomic mass is 16.6. The van der Waals surface area contributed by atoms with Crippen LogP contribution in [-0.2, 0) is 0 Å². The van der Waals surface area contributed by atoms with Gasteiger partial charge >= 0.3 is 5.97 Å². The topological polar surface area (TPSA) is 100 Å². The van der Waals surface area contributed by atoms with Gasteiger partial charge in [0, 0.05) is 18.3 Å². The molecule has 174 valence electrons. The van der Waals surface area contributed by atoms with E-state index >= 15 is 0 Å². The second-order valence-electron chi connectivity index (χ2n) is 7.27. The molecule has 0 radical (unpaired) electrons. The molecule has 0 atom stereocenters. The first-order chi connectivity index (χ1) is 17.0. The van der Waals surface area contributed by atoms with Crippen LogP contribution in [0.1, 0.15) is 15.9 Å². The monoisotopic (exact) mass is 468 g/mol. The highest BCUT2D eigenvalue weighted by Crippen LogP contribution is 2.29. The first-order valence-corrected chi connectivity index (χ1v) is 10.5. The lowest BCUT2D eigenvalue weighted by Crippen LogP contribution is -2.09. The van der Waals surface area contributed by atoms with Crippen molar-refractivity contribution in [3.8, 4) is 23.0 Å². The average molecular weight is 468 g/mol. The van der Waals surface area contributed by atoms with Crippen molar-refractivity contribution in [2.75, 3.05) is 7.11 Å². The Morgan fingerprint density at radius 1 is 0.857 bits per heavy atom. The summed E-state index contributed by atoms with van der Waals surface area (Å²) in [6, 6.07) is 27.1. The maximum absolute atomic E-state index is 12.5. The Balaban J connectivity index is 1.44. The fourth-order valence-corrected chi connectivity index (χ4v) is 3.13. The van der Waals surface area contributed by atoms with Gasteiger partial charge in [0.1, 0.15) is 11.5 Å². The molecule has 0 aliphatic rings. The molecule has 0 aliphatic heterocycles. The average Bonchev–Trinajstić information content (AvgIpc) is 2.89. The van der Waals surface area contributed by atoms with Gasteiger partial charge in [0.05, 0.1) is 23.3 Å². The molecule has 0 saturated carbocycles. The summed E-state index contributed by atoms with van der Waals surface area (Å²) in [5.74, 6) is 1.22. The van der Waals surface area contributed by atoms with Crippen LogP contribution in [-0.4, -0.2) is 24.2 Å². The molecule has 4 aromatic carbocycles. The zero-order valence-corrected chi connectivity index (χ0v) is 18.7. The summed E-state index contributed by atoms with van der Waals surface area (Å²) in [5.41, 5.74) is 1.32. The number of non-ortho nitro benzene ring substituents is 1. The second kappa shape index (κ2) is 10.8. The SMILES string of the molecule is COc1cc(C=Nc2ccc(Oc3ccccc3)cc2)ccc1OC(=O)c1cccc([N+](=O)[O-])c1. The van der Waals surface area contributed by atoms with Crippen molar-refractivity contribution in [1.82, 2.24) is 0 Å². The maximum atomic E-state index is 12.5. The Labute approximate surface area is 201 Å². The third-order valence-corrected chi connectivity index (χ3v) is 4.86. The number of rotatable bonds is 8. The van der Waals surface area contributed by atoms with Crippen LogP contribution >= 0.6 is 0 Å². The van der Waals surface area contributed by atoms with Crippen molar-refractivity contribution in [3.63, 3.8) is 0 Å². The summed E-state index contributed by atoms with van der Waals surface area (Å²) in [6.45, 7) is 0. The first kappa shape index (κ1) is 23.2. The van der Waals surface area contributed by atoms with Crippen molar-refractivity contribution in [3.05, 3.63) is 118 Å². The van der Waals surface area contributed by atoms with Crippen LogP contribution in [0.3, 0.4) is 0 Å². The van der Waals surface area contributed by atoms with Crippen molar-refractivity contribution in [2.45, 2.75) is 0 Å². The van der Waals surface area contributed by atoms with Gasteiger partial charge in [-0.3, -0.25) is 15.1 Å². The number of aliphatic imine (C=N–C) groups is 1. The van der Waals surface area contributed by atoms with Gasteiger partial charge in [-0.05, 0) is 66.2 Å². The third kappa shape index (κ3) is 6.08. The van der Waals surface area contributed by atoms with E-state index in [9.17, 15) is 14.9 Å². The number of hydrogen-bond acceptors (Lipinski definition) is 7. The Kier molecular flexibility index (Phi) is 7.13. The summed E-state index contributed by atoms with van der Waals surface area (Å²) in [5, 5.41) is 10.9. The van der Waals surface area contributed by atoms with E-state index in [0.717, 1.165) is 23.1 Å². The lowest BCUT2D eigenvalue weighted by Gasteiger charge is -2.10. The predicted molar refractivity (Wildman–Crippen MR) is 131 cm³/mol. The standard InChI is InChI=1S/C27H20N2O6/c1-33-26-16-19(10-15-25(26)35-27(30)20-6-5-7-22(17-20)29(31)32)18-28-21-11-13-24(14-12-21)34-23-8-3-2-4-9-23/h2-18H,1H3. The number of para-hydroxylation sites is 1. The van der Waals surface area contributed by atoms with E-state index < -0.39 is 10.9 Å². The van der Waals surface area contributed by atoms with E-state index in [1.807, 2.05) is 54.6 Å². The molecule has 0 spiro atoms. The number of methoxy groups -OCH3 is 1. The summed E-state index contributed by atoms with van der Waals surface area (Å²) >= 11 is 0. The molecule has 0 fully saturated rings. The second-order valence-corrected chi connectivity index (χ2v) is 7.27. The van der Waals surface area contributed by atoms with Gasteiger partial charge in [-0.1, -0.05) is 24.3 Å². The molecule has 0 N–H and O–H groups in total. The molecule has 8 heteroatoms. The van der Waals surface area contributed by atoms with E-state index in [1.165, 1.54) is 25.3 Å². The van der Waals surface area contributed by atoms with E-state index in [4.69, 9.17) is 14.2 Å². The van der Waals surface area contributed by atoms with Gasteiger partial charge in [0.15, 0.2) is 11.5 Å². The van der Waals surface area contributed by atoms with Crippen LogP contribution < -0.4 is 14.2 Å². The fourth-order valence-electron chi connectivity index (χ4n) is 3.13. The number of benzene rings is 4. The van der Waals surface area contributed by atoms with Gasteiger partial charge in [-0.25, -0.2) is 4.79 Å². The van der Waals surface area contributed by atoms with E-state index in [2.05, 4.69) is 4.99 Å². The highest BCUT2D eigenvalue weighted by Gasteiger charge is 2.16. The Morgan fingerprint density at radius 2 is 1.60 bits per heavy atom. The zero-order chi connectivity index (χ0) is 24.6. The number of carbonyl (C=O) groups is 1. The van der Waals surface area contributed by atoms with Crippen LogP contribution in [0.5, 0.6) is 23.0 Å². The van der Waals surface area contributed by atoms with Gasteiger partial charge in [-0.2, -0.15) is 0 Å². The number of hydrogen-bond donors (Lipinski definition) is 0. The molecule has 0 bridgehead atoms. The van der Waals surface area contributed by atoms with Crippen LogP contribution in [0.4, 0.5) is 11.4 Å². The molecule has 0 aliphatic carbocycles. The molecular formula is C27H20N2O6. The normalized spacial score (nSPS) is 10.7. The molecule has 0 heterocycles.